The Morgan fingerprint density at radius 1 is 1.33 bits per heavy atom. The molecule has 21 heavy (non-hydrogen) atoms. The average Bonchev–Trinajstić information content (AvgIpc) is 2.69. The van der Waals surface area contributed by atoms with E-state index in [0.29, 0.717) is 6.20 Å². The second-order valence-electron chi connectivity index (χ2n) is 3.70. The smallest absolute Gasteiger partial charge is 0.369 e. The molecule has 3 N–H and O–H groups in total. The number of hydrogen-bond donors (Lipinski definition) is 2. The van der Waals surface area contributed by atoms with Gasteiger partial charge in [-0.05, 0) is 0 Å². The normalized spacial score (nSPS) is 12.1. The summed E-state index contributed by atoms with van der Waals surface area (Å²) in [6, 6.07) is 0. The summed E-state index contributed by atoms with van der Waals surface area (Å²) in [5.74, 6) is -0.324. The molecule has 0 aliphatic heterocycles. The standard InChI is InChI=1S/C8H7F3N4O3S.C2H6/c1-15-2-3(19(17,18)8(9,10)11)4-5(15)13-7(12)14-6(4)16;1-2/h2H,1H3,(H3,12,13,14,16);1-2H3. The molecule has 0 aliphatic rings. The van der Waals surface area contributed by atoms with Gasteiger partial charge in [0.05, 0.1) is 0 Å². The summed E-state index contributed by atoms with van der Waals surface area (Å²) < 4.78 is 61.3. The number of halogens is 3. The molecule has 0 amide bonds. The summed E-state index contributed by atoms with van der Waals surface area (Å²) in [6.45, 7) is 4.00. The molecule has 2 heterocycles. The van der Waals surface area contributed by atoms with Crippen molar-refractivity contribution in [2.24, 2.45) is 7.05 Å². The number of aromatic amines is 1. The highest BCUT2D eigenvalue weighted by molar-refractivity contribution is 7.92. The van der Waals surface area contributed by atoms with E-state index >= 15 is 0 Å². The molecule has 0 spiro atoms. The molecule has 0 fully saturated rings. The molecule has 7 nitrogen and oxygen atoms in total. The van der Waals surface area contributed by atoms with Crippen LogP contribution in [0.2, 0.25) is 0 Å². The maximum Gasteiger partial charge on any atom is 0.501 e. The Morgan fingerprint density at radius 2 is 1.86 bits per heavy atom. The quantitative estimate of drug-likeness (QED) is 0.817. The fourth-order valence-electron chi connectivity index (χ4n) is 1.59. The van der Waals surface area contributed by atoms with Crippen molar-refractivity contribution in [2.45, 2.75) is 24.3 Å². The maximum atomic E-state index is 12.5. The van der Waals surface area contributed by atoms with Gasteiger partial charge in [-0.1, -0.05) is 13.8 Å². The van der Waals surface area contributed by atoms with Gasteiger partial charge in [0.1, 0.15) is 10.3 Å². The zero-order valence-corrected chi connectivity index (χ0v) is 12.1. The Balaban J connectivity index is 0.00000106. The average molecular weight is 326 g/mol. The molecule has 0 saturated heterocycles. The van der Waals surface area contributed by atoms with Crippen molar-refractivity contribution in [3.63, 3.8) is 0 Å². The second kappa shape index (κ2) is 5.39. The molecule has 2 aromatic rings. The van der Waals surface area contributed by atoms with Gasteiger partial charge in [-0.2, -0.15) is 18.2 Å². The van der Waals surface area contributed by atoms with Crippen molar-refractivity contribution in [3.8, 4) is 0 Å². The van der Waals surface area contributed by atoms with E-state index in [1.807, 2.05) is 18.8 Å². The second-order valence-corrected chi connectivity index (χ2v) is 5.61. The Labute approximate surface area is 117 Å². The number of H-pyrrole nitrogens is 1. The number of sulfone groups is 1. The molecule has 0 aliphatic carbocycles. The van der Waals surface area contributed by atoms with Crippen molar-refractivity contribution in [1.29, 1.82) is 0 Å². The molecule has 0 bridgehead atoms. The largest absolute Gasteiger partial charge is 0.501 e. The summed E-state index contributed by atoms with van der Waals surface area (Å²) in [4.78, 5) is 16.0. The van der Waals surface area contributed by atoms with E-state index in [9.17, 15) is 26.4 Å². The summed E-state index contributed by atoms with van der Waals surface area (Å²) in [7, 11) is -4.39. The highest BCUT2D eigenvalue weighted by Crippen LogP contribution is 2.33. The minimum atomic E-state index is -5.64. The third-order valence-electron chi connectivity index (χ3n) is 2.40. The van der Waals surface area contributed by atoms with Gasteiger partial charge in [-0.25, -0.2) is 8.42 Å². The number of nitrogen functional groups attached to an aromatic ring is 1. The summed E-state index contributed by atoms with van der Waals surface area (Å²) in [6.07, 6.45) is 0.676. The first-order chi connectivity index (χ1) is 9.55. The SMILES string of the molecule is CC.Cn1cc(S(=O)(=O)C(F)(F)F)c2c(=O)[nH]c(N)nc21. The van der Waals surface area contributed by atoms with Crippen LogP contribution >= 0.6 is 0 Å². The number of nitrogens with zero attached hydrogens (tertiary/aromatic N) is 2. The van der Waals surface area contributed by atoms with Crippen LogP contribution in [0, 0.1) is 0 Å². The van der Waals surface area contributed by atoms with Gasteiger partial charge >= 0.3 is 5.51 Å². The Morgan fingerprint density at radius 3 is 2.33 bits per heavy atom. The van der Waals surface area contributed by atoms with Crippen LogP contribution in [0.5, 0.6) is 0 Å². The third kappa shape index (κ3) is 2.73. The van der Waals surface area contributed by atoms with Gasteiger partial charge in [0.2, 0.25) is 5.95 Å². The summed E-state index contributed by atoms with van der Waals surface area (Å²) in [5, 5.41) is -0.672. The van der Waals surface area contributed by atoms with Crippen LogP contribution < -0.4 is 11.3 Å². The number of fused-ring (bicyclic) bond motifs is 1. The van der Waals surface area contributed by atoms with Crippen LogP contribution in [-0.4, -0.2) is 28.5 Å². The highest BCUT2D eigenvalue weighted by atomic mass is 32.2. The van der Waals surface area contributed by atoms with Crippen molar-refractivity contribution < 1.29 is 21.6 Å². The van der Waals surface area contributed by atoms with Gasteiger partial charge in [0.25, 0.3) is 15.4 Å². The van der Waals surface area contributed by atoms with Gasteiger partial charge in [-0.3, -0.25) is 9.78 Å². The molecule has 0 saturated carbocycles. The number of nitrogens with two attached hydrogens (primary N) is 1. The lowest BCUT2D eigenvalue weighted by atomic mass is 10.4. The Hall–Kier alpha value is -2.04. The Bertz CT molecular complexity index is 820. The van der Waals surface area contributed by atoms with Crippen LogP contribution in [0.1, 0.15) is 13.8 Å². The molecule has 2 aromatic heterocycles. The first-order valence-corrected chi connectivity index (χ1v) is 7.20. The lowest BCUT2D eigenvalue weighted by molar-refractivity contribution is -0.0435. The van der Waals surface area contributed by atoms with E-state index in [4.69, 9.17) is 5.73 Å². The third-order valence-corrected chi connectivity index (χ3v) is 3.90. The van der Waals surface area contributed by atoms with Crippen LogP contribution in [-0.2, 0) is 16.9 Å². The fourth-order valence-corrected chi connectivity index (χ4v) is 2.58. The van der Waals surface area contributed by atoms with Gasteiger partial charge < -0.3 is 10.3 Å². The number of aromatic nitrogens is 3. The fraction of sp³-hybridized carbons (Fsp3) is 0.400. The van der Waals surface area contributed by atoms with Crippen molar-refractivity contribution in [2.75, 3.05) is 5.73 Å². The molecule has 11 heteroatoms. The highest BCUT2D eigenvalue weighted by Gasteiger charge is 2.48. The van der Waals surface area contributed by atoms with Crippen LogP contribution in [0.15, 0.2) is 15.9 Å². The number of rotatable bonds is 1. The number of anilines is 1. The van der Waals surface area contributed by atoms with E-state index in [0.717, 1.165) is 4.57 Å². The number of nitrogens with one attached hydrogen (secondary N) is 1. The molecule has 0 aromatic carbocycles. The maximum absolute atomic E-state index is 12.5. The molecule has 0 unspecified atom stereocenters. The summed E-state index contributed by atoms with van der Waals surface area (Å²) >= 11 is 0. The first kappa shape index (κ1) is 17.0. The number of hydrogen-bond acceptors (Lipinski definition) is 5. The van der Waals surface area contributed by atoms with Crippen LogP contribution in [0.3, 0.4) is 0 Å². The van der Waals surface area contributed by atoms with E-state index < -0.39 is 31.2 Å². The topological polar surface area (TPSA) is 111 Å². The van der Waals surface area contributed by atoms with E-state index in [-0.39, 0.29) is 11.6 Å². The predicted octanol–water partition coefficient (Wildman–Crippen LogP) is 1.16. The van der Waals surface area contributed by atoms with E-state index in [2.05, 4.69) is 4.98 Å². The predicted molar refractivity (Wildman–Crippen MR) is 70.3 cm³/mol. The molecule has 2 rings (SSSR count). The molecule has 118 valence electrons. The number of alkyl halides is 3. The zero-order valence-electron chi connectivity index (χ0n) is 11.3. The van der Waals surface area contributed by atoms with Gasteiger partial charge in [-0.15, -0.1) is 0 Å². The monoisotopic (exact) mass is 326 g/mol. The zero-order chi connectivity index (χ0) is 16.6. The van der Waals surface area contributed by atoms with Crippen molar-refractivity contribution in [3.05, 3.63) is 16.6 Å². The number of aryl methyl sites for hydroxylation is 1. The van der Waals surface area contributed by atoms with Crippen molar-refractivity contribution >= 4 is 26.8 Å². The molecular formula is C10H13F3N4O3S. The first-order valence-electron chi connectivity index (χ1n) is 5.72. The minimum Gasteiger partial charge on any atom is -0.369 e. The molecule has 0 atom stereocenters. The van der Waals surface area contributed by atoms with E-state index in [1.165, 1.54) is 7.05 Å². The van der Waals surface area contributed by atoms with Crippen LogP contribution in [0.4, 0.5) is 19.1 Å². The minimum absolute atomic E-state index is 0.246. The van der Waals surface area contributed by atoms with Crippen molar-refractivity contribution in [1.82, 2.24) is 14.5 Å². The van der Waals surface area contributed by atoms with Crippen LogP contribution in [0.25, 0.3) is 11.0 Å². The van der Waals surface area contributed by atoms with E-state index in [1.54, 1.807) is 0 Å². The molecule has 0 radical (unpaired) electrons. The Kier molecular flexibility index (Phi) is 4.37. The summed E-state index contributed by atoms with van der Waals surface area (Å²) in [5.41, 5.74) is -1.56. The lowest BCUT2D eigenvalue weighted by Gasteiger charge is -2.05. The molecular weight excluding hydrogens is 313 g/mol. The van der Waals surface area contributed by atoms with Gasteiger partial charge in [0, 0.05) is 13.2 Å². The van der Waals surface area contributed by atoms with Gasteiger partial charge in [0.15, 0.2) is 5.65 Å². The lowest BCUT2D eigenvalue weighted by Crippen LogP contribution is -2.24.